The Kier molecular flexibility index (Phi) is 6.34. The number of carbonyl (C=O) groups is 1. The van der Waals surface area contributed by atoms with Crippen molar-refractivity contribution in [1.29, 1.82) is 0 Å². The van der Waals surface area contributed by atoms with Crippen LogP contribution in [0.3, 0.4) is 0 Å². The molecule has 0 aromatic carbocycles. The number of methoxy groups -OCH3 is 1. The summed E-state index contributed by atoms with van der Waals surface area (Å²) in [6.07, 6.45) is 10.5. The first kappa shape index (κ1) is 18.2. The van der Waals surface area contributed by atoms with Crippen LogP contribution in [-0.2, 0) is 11.2 Å². The molecular weight excluding hydrogens is 316 g/mol. The van der Waals surface area contributed by atoms with Gasteiger partial charge in [-0.1, -0.05) is 19.3 Å². The Bertz CT molecular complexity index is 562. The Balaban J connectivity index is 1.64. The number of hydrogen-bond acceptors (Lipinski definition) is 4. The summed E-state index contributed by atoms with van der Waals surface area (Å²) in [5, 5.41) is 11.4. The molecule has 3 rings (SSSR count). The number of rotatable bonds is 8. The van der Waals surface area contributed by atoms with Crippen LogP contribution in [0.1, 0.15) is 81.8 Å². The Labute approximate surface area is 150 Å². The number of aromatic nitrogens is 2. The number of carbonyl (C=O) groups excluding carboxylic acids is 1. The molecule has 6 heteroatoms. The Hall–Kier alpha value is -1.56. The number of aryl methyl sites for hydroxylation is 1. The third-order valence-corrected chi connectivity index (χ3v) is 5.32. The van der Waals surface area contributed by atoms with Gasteiger partial charge in [0.2, 0.25) is 0 Å². The van der Waals surface area contributed by atoms with Crippen molar-refractivity contribution in [3.63, 3.8) is 0 Å². The van der Waals surface area contributed by atoms with E-state index < -0.39 is 0 Å². The van der Waals surface area contributed by atoms with Gasteiger partial charge in [-0.3, -0.25) is 4.68 Å². The third-order valence-electron chi connectivity index (χ3n) is 5.32. The summed E-state index contributed by atoms with van der Waals surface area (Å²) in [5.74, 6) is 0. The largest absolute Gasteiger partial charge is 0.453 e. The first-order chi connectivity index (χ1) is 12.2. The van der Waals surface area contributed by atoms with Gasteiger partial charge in [-0.05, 0) is 51.5 Å². The number of nitrogens with zero attached hydrogens (tertiary/aromatic N) is 2. The molecule has 0 spiro atoms. The molecule has 140 valence electrons. The second-order valence-electron chi connectivity index (χ2n) is 7.48. The average Bonchev–Trinajstić information content (AvgIpc) is 3.35. The summed E-state index contributed by atoms with van der Waals surface area (Å²) in [6, 6.07) is 3.80. The van der Waals surface area contributed by atoms with Crippen LogP contribution in [0.2, 0.25) is 0 Å². The van der Waals surface area contributed by atoms with E-state index in [-0.39, 0.29) is 6.09 Å². The molecule has 1 aromatic rings. The minimum absolute atomic E-state index is 0.310. The molecule has 2 fully saturated rings. The maximum Gasteiger partial charge on any atom is 0.406 e. The summed E-state index contributed by atoms with van der Waals surface area (Å²) in [4.78, 5) is 11.2. The van der Waals surface area contributed by atoms with Crippen molar-refractivity contribution < 1.29 is 9.53 Å². The van der Waals surface area contributed by atoms with Gasteiger partial charge < -0.3 is 15.4 Å². The van der Waals surface area contributed by atoms with E-state index >= 15 is 0 Å². The van der Waals surface area contributed by atoms with E-state index in [1.54, 1.807) is 0 Å². The van der Waals surface area contributed by atoms with Crippen molar-refractivity contribution in [2.24, 2.45) is 0 Å². The molecule has 0 aliphatic heterocycles. The number of hydrogen-bond donors (Lipinski definition) is 2. The fourth-order valence-electron chi connectivity index (χ4n) is 3.72. The van der Waals surface area contributed by atoms with E-state index in [1.165, 1.54) is 57.7 Å². The SMILES string of the molecule is COC(=O)NCCCc1cc([C@H](C)NC2CC2)nn1C1CCCCC1. The lowest BCUT2D eigenvalue weighted by atomic mass is 9.95. The summed E-state index contributed by atoms with van der Waals surface area (Å²) < 4.78 is 6.91. The van der Waals surface area contributed by atoms with Gasteiger partial charge in [0.25, 0.3) is 0 Å². The van der Waals surface area contributed by atoms with Crippen LogP contribution in [0.15, 0.2) is 6.07 Å². The molecule has 6 nitrogen and oxygen atoms in total. The molecule has 1 heterocycles. The third kappa shape index (κ3) is 5.21. The van der Waals surface area contributed by atoms with E-state index in [9.17, 15) is 4.79 Å². The number of amides is 1. The van der Waals surface area contributed by atoms with Gasteiger partial charge in [-0.25, -0.2) is 4.79 Å². The molecule has 0 bridgehead atoms. The van der Waals surface area contributed by atoms with E-state index in [4.69, 9.17) is 5.10 Å². The van der Waals surface area contributed by atoms with Gasteiger partial charge in [0.15, 0.2) is 0 Å². The topological polar surface area (TPSA) is 68.2 Å². The maximum atomic E-state index is 11.2. The standard InChI is InChI=1S/C19H32N4O2/c1-14(21-15-10-11-15)18-13-17(9-6-12-20-19(24)25-2)23(22-18)16-7-4-3-5-8-16/h13-16,21H,3-12H2,1-2H3,(H,20,24)/t14-/m0/s1. The highest BCUT2D eigenvalue weighted by Gasteiger charge is 2.26. The zero-order valence-electron chi connectivity index (χ0n) is 15.6. The second-order valence-corrected chi connectivity index (χ2v) is 7.48. The molecule has 1 aromatic heterocycles. The van der Waals surface area contributed by atoms with Crippen molar-refractivity contribution in [2.75, 3.05) is 13.7 Å². The van der Waals surface area contributed by atoms with Crippen LogP contribution in [-0.4, -0.2) is 35.6 Å². The number of alkyl carbamates (subject to hydrolysis) is 1. The van der Waals surface area contributed by atoms with Crippen molar-refractivity contribution in [1.82, 2.24) is 20.4 Å². The zero-order valence-corrected chi connectivity index (χ0v) is 15.6. The first-order valence-electron chi connectivity index (χ1n) is 9.83. The number of nitrogens with one attached hydrogen (secondary N) is 2. The van der Waals surface area contributed by atoms with Crippen LogP contribution < -0.4 is 10.6 Å². The minimum atomic E-state index is -0.358. The summed E-state index contributed by atoms with van der Waals surface area (Å²) in [7, 11) is 1.40. The van der Waals surface area contributed by atoms with Gasteiger partial charge in [-0.2, -0.15) is 5.10 Å². The predicted molar refractivity (Wildman–Crippen MR) is 97.7 cm³/mol. The smallest absolute Gasteiger partial charge is 0.406 e. The maximum absolute atomic E-state index is 11.2. The quantitative estimate of drug-likeness (QED) is 0.706. The summed E-state index contributed by atoms with van der Waals surface area (Å²) >= 11 is 0. The Morgan fingerprint density at radius 2 is 2.08 bits per heavy atom. The molecule has 2 N–H and O–H groups in total. The second kappa shape index (κ2) is 8.70. The van der Waals surface area contributed by atoms with Gasteiger partial charge in [0, 0.05) is 24.3 Å². The fraction of sp³-hybridized carbons (Fsp3) is 0.789. The van der Waals surface area contributed by atoms with Crippen molar-refractivity contribution in [3.8, 4) is 0 Å². The van der Waals surface area contributed by atoms with Crippen molar-refractivity contribution >= 4 is 6.09 Å². The first-order valence-corrected chi connectivity index (χ1v) is 9.83. The van der Waals surface area contributed by atoms with Gasteiger partial charge in [-0.15, -0.1) is 0 Å². The Morgan fingerprint density at radius 3 is 2.76 bits per heavy atom. The van der Waals surface area contributed by atoms with E-state index in [0.29, 0.717) is 24.7 Å². The molecule has 25 heavy (non-hydrogen) atoms. The highest BCUT2D eigenvalue weighted by molar-refractivity contribution is 5.66. The monoisotopic (exact) mass is 348 g/mol. The highest BCUT2D eigenvalue weighted by Crippen LogP contribution is 2.31. The molecule has 2 aliphatic rings. The number of ether oxygens (including phenoxy) is 1. The molecule has 1 atom stereocenters. The summed E-state index contributed by atoms with van der Waals surface area (Å²) in [6.45, 7) is 2.85. The van der Waals surface area contributed by atoms with Crippen LogP contribution in [0.5, 0.6) is 0 Å². The highest BCUT2D eigenvalue weighted by atomic mass is 16.5. The van der Waals surface area contributed by atoms with E-state index in [2.05, 4.69) is 33.0 Å². The molecule has 1 amide bonds. The van der Waals surface area contributed by atoms with Gasteiger partial charge in [0.05, 0.1) is 18.8 Å². The molecule has 2 aliphatic carbocycles. The predicted octanol–water partition coefficient (Wildman–Crippen LogP) is 3.49. The van der Waals surface area contributed by atoms with Crippen LogP contribution in [0, 0.1) is 0 Å². The van der Waals surface area contributed by atoms with Crippen LogP contribution >= 0.6 is 0 Å². The molecule has 0 unspecified atom stereocenters. The van der Waals surface area contributed by atoms with E-state index in [1.807, 2.05) is 0 Å². The zero-order chi connectivity index (χ0) is 17.6. The van der Waals surface area contributed by atoms with Crippen molar-refractivity contribution in [3.05, 3.63) is 17.5 Å². The average molecular weight is 348 g/mol. The summed E-state index contributed by atoms with van der Waals surface area (Å²) in [5.41, 5.74) is 2.46. The fourth-order valence-corrected chi connectivity index (χ4v) is 3.72. The molecule has 0 radical (unpaired) electrons. The Morgan fingerprint density at radius 1 is 1.32 bits per heavy atom. The molecule has 0 saturated heterocycles. The van der Waals surface area contributed by atoms with Gasteiger partial charge in [0.1, 0.15) is 0 Å². The van der Waals surface area contributed by atoms with E-state index in [0.717, 1.165) is 18.5 Å². The lowest BCUT2D eigenvalue weighted by Gasteiger charge is -2.24. The van der Waals surface area contributed by atoms with Crippen LogP contribution in [0.4, 0.5) is 4.79 Å². The van der Waals surface area contributed by atoms with Crippen molar-refractivity contribution in [2.45, 2.75) is 82.8 Å². The lowest BCUT2D eigenvalue weighted by molar-refractivity contribution is 0.171. The molecular formula is C19H32N4O2. The van der Waals surface area contributed by atoms with Crippen LogP contribution in [0.25, 0.3) is 0 Å². The minimum Gasteiger partial charge on any atom is -0.453 e. The normalized spacial score (nSPS) is 19.6. The van der Waals surface area contributed by atoms with Gasteiger partial charge >= 0.3 is 6.09 Å². The molecule has 2 saturated carbocycles. The lowest BCUT2D eigenvalue weighted by Crippen LogP contribution is -2.24.